The van der Waals surface area contributed by atoms with Gasteiger partial charge < -0.3 is 9.90 Å². The van der Waals surface area contributed by atoms with E-state index >= 15 is 0 Å². The number of carbonyl (C=O) groups is 1. The van der Waals surface area contributed by atoms with E-state index in [0.29, 0.717) is 6.42 Å². The van der Waals surface area contributed by atoms with Gasteiger partial charge in [-0.05, 0) is 17.9 Å². The van der Waals surface area contributed by atoms with Crippen LogP contribution < -0.4 is 5.11 Å². The maximum atomic E-state index is 10.4. The summed E-state index contributed by atoms with van der Waals surface area (Å²) in [5, 5.41) is 10.4. The number of carboxylic acids is 1. The highest BCUT2D eigenvalue weighted by Crippen LogP contribution is 2.06. The lowest BCUT2D eigenvalue weighted by Gasteiger charge is -2.11. The second-order valence-corrected chi connectivity index (χ2v) is 2.91. The van der Waals surface area contributed by atoms with Gasteiger partial charge in [-0.1, -0.05) is 37.3 Å². The van der Waals surface area contributed by atoms with Gasteiger partial charge in [0.2, 0.25) is 0 Å². The van der Waals surface area contributed by atoms with Gasteiger partial charge >= 0.3 is 0 Å². The summed E-state index contributed by atoms with van der Waals surface area (Å²) < 4.78 is 0. The van der Waals surface area contributed by atoms with Crippen molar-refractivity contribution >= 4 is 5.97 Å². The van der Waals surface area contributed by atoms with Crippen LogP contribution in [0.3, 0.4) is 0 Å². The Morgan fingerprint density at radius 3 is 2.50 bits per heavy atom. The highest BCUT2D eigenvalue weighted by Gasteiger charge is 2.02. The maximum Gasteiger partial charge on any atom is 0.0445 e. The molecule has 0 bridgehead atoms. The van der Waals surface area contributed by atoms with Crippen molar-refractivity contribution in [2.75, 3.05) is 0 Å². The largest absolute Gasteiger partial charge is 0.550 e. The first kappa shape index (κ1) is 8.78. The third kappa shape index (κ3) is 2.38. The minimum atomic E-state index is -0.987. The summed E-state index contributed by atoms with van der Waals surface area (Å²) in [6.45, 7) is 1.66. The van der Waals surface area contributed by atoms with E-state index in [-0.39, 0.29) is 0 Å². The molecule has 64 valence electrons. The zero-order chi connectivity index (χ0) is 8.97. The quantitative estimate of drug-likeness (QED) is 0.655. The van der Waals surface area contributed by atoms with Gasteiger partial charge in [-0.3, -0.25) is 0 Å². The molecule has 0 saturated heterocycles. The Labute approximate surface area is 71.8 Å². The molecule has 1 atom stereocenters. The van der Waals surface area contributed by atoms with Gasteiger partial charge in [0.15, 0.2) is 0 Å². The lowest BCUT2D eigenvalue weighted by molar-refractivity contribution is -0.310. The topological polar surface area (TPSA) is 40.1 Å². The van der Waals surface area contributed by atoms with Crippen molar-refractivity contribution in [3.8, 4) is 0 Å². The fourth-order valence-corrected chi connectivity index (χ4v) is 1.05. The molecule has 2 heteroatoms. The number of carbonyl (C=O) groups excluding carboxylic acids is 1. The van der Waals surface area contributed by atoms with E-state index in [1.165, 1.54) is 0 Å². The lowest BCUT2D eigenvalue weighted by Crippen LogP contribution is -2.30. The van der Waals surface area contributed by atoms with E-state index in [4.69, 9.17) is 0 Å². The van der Waals surface area contributed by atoms with Crippen LogP contribution in [0.4, 0.5) is 0 Å². The zero-order valence-electron chi connectivity index (χ0n) is 6.99. The van der Waals surface area contributed by atoms with Gasteiger partial charge in [-0.15, -0.1) is 0 Å². The fourth-order valence-electron chi connectivity index (χ4n) is 1.05. The van der Waals surface area contributed by atoms with Gasteiger partial charge in [0.05, 0.1) is 0 Å². The van der Waals surface area contributed by atoms with Gasteiger partial charge in [0.1, 0.15) is 0 Å². The summed E-state index contributed by atoms with van der Waals surface area (Å²) in [4.78, 5) is 10.4. The van der Waals surface area contributed by atoms with E-state index in [0.717, 1.165) is 5.56 Å². The Hall–Kier alpha value is -1.31. The molecule has 1 aromatic rings. The van der Waals surface area contributed by atoms with Crippen LogP contribution >= 0.6 is 0 Å². The van der Waals surface area contributed by atoms with E-state index in [1.54, 1.807) is 6.92 Å². The first-order valence-electron chi connectivity index (χ1n) is 3.95. The van der Waals surface area contributed by atoms with E-state index < -0.39 is 11.9 Å². The summed E-state index contributed by atoms with van der Waals surface area (Å²) in [6, 6.07) is 9.54. The first-order chi connectivity index (χ1) is 5.70. The lowest BCUT2D eigenvalue weighted by atomic mass is 10.0. The van der Waals surface area contributed by atoms with E-state index in [9.17, 15) is 9.90 Å². The number of benzene rings is 1. The Morgan fingerprint density at radius 1 is 1.42 bits per heavy atom. The second-order valence-electron chi connectivity index (χ2n) is 2.91. The highest BCUT2D eigenvalue weighted by molar-refractivity contribution is 5.67. The van der Waals surface area contributed by atoms with Crippen molar-refractivity contribution in [3.05, 3.63) is 35.9 Å². The van der Waals surface area contributed by atoms with Crippen LogP contribution in [0.25, 0.3) is 0 Å². The smallest absolute Gasteiger partial charge is 0.0445 e. The minimum absolute atomic E-state index is 0.410. The fraction of sp³-hybridized carbons (Fsp3) is 0.300. The first-order valence-corrected chi connectivity index (χ1v) is 3.95. The minimum Gasteiger partial charge on any atom is -0.550 e. The van der Waals surface area contributed by atoms with Crippen LogP contribution in [0.1, 0.15) is 12.5 Å². The van der Waals surface area contributed by atoms with Crippen molar-refractivity contribution in [2.24, 2.45) is 5.92 Å². The van der Waals surface area contributed by atoms with Crippen molar-refractivity contribution in [2.45, 2.75) is 13.3 Å². The normalized spacial score (nSPS) is 12.4. The summed E-state index contributed by atoms with van der Waals surface area (Å²) in [5.74, 6) is -1.40. The molecule has 1 rings (SSSR count). The molecule has 0 radical (unpaired) electrons. The summed E-state index contributed by atoms with van der Waals surface area (Å²) in [7, 11) is 0. The molecule has 2 nitrogen and oxygen atoms in total. The van der Waals surface area contributed by atoms with Gasteiger partial charge in [-0.25, -0.2) is 0 Å². The molecule has 0 aliphatic rings. The number of carboxylic acid groups (broad SMARTS) is 1. The van der Waals surface area contributed by atoms with Crippen molar-refractivity contribution < 1.29 is 9.90 Å². The molecule has 0 aliphatic carbocycles. The molecule has 0 unspecified atom stereocenters. The molecule has 0 fully saturated rings. The number of hydrogen-bond donors (Lipinski definition) is 0. The predicted octanol–water partition coefficient (Wildman–Crippen LogP) is 0.615. The molecule has 12 heavy (non-hydrogen) atoms. The average molecular weight is 163 g/mol. The molecule has 0 N–H and O–H groups in total. The number of hydrogen-bond acceptors (Lipinski definition) is 2. The summed E-state index contributed by atoms with van der Waals surface area (Å²) in [6.07, 6.45) is 0.545. The van der Waals surface area contributed by atoms with Gasteiger partial charge in [-0.2, -0.15) is 0 Å². The molecule has 0 saturated carbocycles. The molecular weight excluding hydrogens is 152 g/mol. The standard InChI is InChI=1S/C10H12O2/c1-8(10(11)12)7-9-5-3-2-4-6-9/h2-6,8H,7H2,1H3,(H,11,12)/p-1/t8-/m1/s1. The molecule has 0 aliphatic heterocycles. The zero-order valence-corrected chi connectivity index (χ0v) is 6.99. The predicted molar refractivity (Wildman–Crippen MR) is 44.3 cm³/mol. The van der Waals surface area contributed by atoms with E-state index in [1.807, 2.05) is 30.3 Å². The second kappa shape index (κ2) is 3.90. The molecular formula is C10H11O2-. The molecule has 0 spiro atoms. The molecule has 0 aromatic heterocycles. The molecule has 0 amide bonds. The maximum absolute atomic E-state index is 10.4. The monoisotopic (exact) mass is 163 g/mol. The van der Waals surface area contributed by atoms with Crippen LogP contribution in [-0.2, 0) is 11.2 Å². The van der Waals surface area contributed by atoms with Crippen molar-refractivity contribution in [1.82, 2.24) is 0 Å². The number of rotatable bonds is 3. The summed E-state index contributed by atoms with van der Waals surface area (Å²) >= 11 is 0. The summed E-state index contributed by atoms with van der Waals surface area (Å²) in [5.41, 5.74) is 1.04. The molecule has 0 heterocycles. The molecule has 1 aromatic carbocycles. The van der Waals surface area contributed by atoms with E-state index in [2.05, 4.69) is 0 Å². The Balaban J connectivity index is 2.58. The van der Waals surface area contributed by atoms with Crippen LogP contribution in [0.2, 0.25) is 0 Å². The van der Waals surface area contributed by atoms with Gasteiger partial charge in [0.25, 0.3) is 0 Å². The SMILES string of the molecule is C[C@H](Cc1ccccc1)C(=O)[O-]. The third-order valence-electron chi connectivity index (χ3n) is 1.79. The van der Waals surface area contributed by atoms with Crippen LogP contribution in [0.15, 0.2) is 30.3 Å². The van der Waals surface area contributed by atoms with Crippen LogP contribution in [0.5, 0.6) is 0 Å². The number of aliphatic carboxylic acids is 1. The van der Waals surface area contributed by atoms with Crippen molar-refractivity contribution in [3.63, 3.8) is 0 Å². The van der Waals surface area contributed by atoms with Gasteiger partial charge in [0, 0.05) is 5.97 Å². The third-order valence-corrected chi connectivity index (χ3v) is 1.79. The Bertz CT molecular complexity index is 254. The Morgan fingerprint density at radius 2 is 2.00 bits per heavy atom. The van der Waals surface area contributed by atoms with Crippen LogP contribution in [0, 0.1) is 5.92 Å². The highest BCUT2D eigenvalue weighted by atomic mass is 16.4. The van der Waals surface area contributed by atoms with Crippen molar-refractivity contribution in [1.29, 1.82) is 0 Å². The average Bonchev–Trinajstić information content (AvgIpc) is 2.06. The Kier molecular flexibility index (Phi) is 2.86. The van der Waals surface area contributed by atoms with Crippen LogP contribution in [-0.4, -0.2) is 5.97 Å².